The van der Waals surface area contributed by atoms with Gasteiger partial charge in [-0.25, -0.2) is 4.39 Å². The van der Waals surface area contributed by atoms with Crippen molar-refractivity contribution in [3.05, 3.63) is 35.6 Å². The van der Waals surface area contributed by atoms with Crippen LogP contribution in [0.5, 0.6) is 0 Å². The molecule has 0 aromatic heterocycles. The topological polar surface area (TPSA) is 55.4 Å². The molecule has 1 aliphatic heterocycles. The largest absolute Gasteiger partial charge is 0.378 e. The summed E-state index contributed by atoms with van der Waals surface area (Å²) in [6.45, 7) is 4.48. The second kappa shape index (κ2) is 8.20. The first-order chi connectivity index (χ1) is 11.0. The number of rotatable bonds is 6. The van der Waals surface area contributed by atoms with Crippen LogP contribution in [0.1, 0.15) is 49.9 Å². The van der Waals surface area contributed by atoms with Gasteiger partial charge >= 0.3 is 0 Å². The Hall–Kier alpha value is -1.75. The molecule has 0 radical (unpaired) electrons. The van der Waals surface area contributed by atoms with Gasteiger partial charge in [0.1, 0.15) is 5.82 Å². The zero-order valence-electron chi connectivity index (χ0n) is 13.7. The van der Waals surface area contributed by atoms with E-state index in [4.69, 9.17) is 4.74 Å². The van der Waals surface area contributed by atoms with Gasteiger partial charge in [0.15, 0.2) is 5.78 Å². The summed E-state index contributed by atoms with van der Waals surface area (Å²) in [4.78, 5) is 24.4. The predicted molar refractivity (Wildman–Crippen MR) is 85.7 cm³/mol. The molecule has 1 amide bonds. The van der Waals surface area contributed by atoms with Crippen molar-refractivity contribution >= 4 is 11.7 Å². The van der Waals surface area contributed by atoms with Gasteiger partial charge in [0.05, 0.1) is 6.10 Å². The molecule has 1 aromatic rings. The van der Waals surface area contributed by atoms with Crippen LogP contribution < -0.4 is 5.32 Å². The number of amides is 1. The van der Waals surface area contributed by atoms with Crippen LogP contribution in [0.25, 0.3) is 0 Å². The summed E-state index contributed by atoms with van der Waals surface area (Å²) in [5, 5.41) is 2.92. The Morgan fingerprint density at radius 3 is 2.70 bits per heavy atom. The minimum absolute atomic E-state index is 0.00819. The predicted octanol–water partition coefficient (Wildman–Crippen LogP) is 3.11. The number of halogens is 1. The number of benzene rings is 1. The molecule has 0 bridgehead atoms. The van der Waals surface area contributed by atoms with Gasteiger partial charge in [-0.2, -0.15) is 0 Å². The van der Waals surface area contributed by atoms with Gasteiger partial charge in [-0.3, -0.25) is 9.59 Å². The zero-order valence-corrected chi connectivity index (χ0v) is 13.7. The maximum absolute atomic E-state index is 12.9. The van der Waals surface area contributed by atoms with E-state index in [9.17, 15) is 14.0 Å². The Morgan fingerprint density at radius 2 is 2.04 bits per heavy atom. The van der Waals surface area contributed by atoms with Crippen LogP contribution in [0.4, 0.5) is 4.39 Å². The first-order valence-corrected chi connectivity index (χ1v) is 8.20. The summed E-state index contributed by atoms with van der Waals surface area (Å²) in [5.41, 5.74) is 0.463. The molecule has 0 unspecified atom stereocenters. The third-order valence-electron chi connectivity index (χ3n) is 4.24. The molecule has 126 valence electrons. The first-order valence-electron chi connectivity index (χ1n) is 8.20. The lowest BCUT2D eigenvalue weighted by atomic mass is 9.93. The lowest BCUT2D eigenvalue weighted by Crippen LogP contribution is -2.41. The number of ether oxygens (including phenoxy) is 1. The quantitative estimate of drug-likeness (QED) is 0.819. The van der Waals surface area contributed by atoms with E-state index in [-0.39, 0.29) is 42.0 Å². The molecule has 0 spiro atoms. The Kier molecular flexibility index (Phi) is 6.28. The standard InChI is InChI=1S/C18H24FNO3/c1-3-16-11-14(8-9-23-16)18(22)20-12(2)10-17(21)13-4-6-15(19)7-5-13/h4-7,12,14,16H,3,8-11H2,1-2H3,(H,20,22)/t12-,14-,16-/m1/s1. The van der Waals surface area contributed by atoms with Crippen LogP contribution in [0.3, 0.4) is 0 Å². The maximum atomic E-state index is 12.9. The summed E-state index contributed by atoms with van der Waals surface area (Å²) in [7, 11) is 0. The minimum Gasteiger partial charge on any atom is -0.378 e. The van der Waals surface area contributed by atoms with Gasteiger partial charge in [0.25, 0.3) is 0 Å². The highest BCUT2D eigenvalue weighted by atomic mass is 19.1. The van der Waals surface area contributed by atoms with E-state index in [1.165, 1.54) is 24.3 Å². The van der Waals surface area contributed by atoms with Crippen molar-refractivity contribution in [2.45, 2.75) is 51.7 Å². The van der Waals surface area contributed by atoms with Crippen molar-refractivity contribution in [2.24, 2.45) is 5.92 Å². The van der Waals surface area contributed by atoms with E-state index < -0.39 is 0 Å². The number of carbonyl (C=O) groups excluding carboxylic acids is 2. The summed E-state index contributed by atoms with van der Waals surface area (Å²) in [6.07, 6.45) is 2.72. The van der Waals surface area contributed by atoms with E-state index in [2.05, 4.69) is 12.2 Å². The molecule has 1 saturated heterocycles. The molecule has 2 rings (SSSR count). The van der Waals surface area contributed by atoms with Crippen molar-refractivity contribution in [3.8, 4) is 0 Å². The molecule has 1 N–H and O–H groups in total. The third-order valence-corrected chi connectivity index (χ3v) is 4.24. The molecule has 0 saturated carbocycles. The van der Waals surface area contributed by atoms with Gasteiger partial charge in [0.2, 0.25) is 5.91 Å². The first kappa shape index (κ1) is 17.6. The average molecular weight is 321 g/mol. The molecule has 1 heterocycles. The highest BCUT2D eigenvalue weighted by Gasteiger charge is 2.27. The molecular formula is C18H24FNO3. The second-order valence-electron chi connectivity index (χ2n) is 6.17. The number of hydrogen-bond acceptors (Lipinski definition) is 3. The maximum Gasteiger partial charge on any atom is 0.223 e. The Morgan fingerprint density at radius 1 is 1.35 bits per heavy atom. The molecule has 1 fully saturated rings. The molecule has 1 aliphatic rings. The number of ketones is 1. The molecule has 1 aromatic carbocycles. The number of nitrogens with one attached hydrogen (secondary N) is 1. The van der Waals surface area contributed by atoms with E-state index in [0.717, 1.165) is 19.3 Å². The molecule has 4 nitrogen and oxygen atoms in total. The summed E-state index contributed by atoms with van der Waals surface area (Å²) in [6, 6.07) is 5.22. The highest BCUT2D eigenvalue weighted by molar-refractivity contribution is 5.96. The van der Waals surface area contributed by atoms with Crippen molar-refractivity contribution < 1.29 is 18.7 Å². The van der Waals surface area contributed by atoms with E-state index in [0.29, 0.717) is 12.2 Å². The van der Waals surface area contributed by atoms with Crippen molar-refractivity contribution in [2.75, 3.05) is 6.61 Å². The fourth-order valence-corrected chi connectivity index (χ4v) is 2.85. The minimum atomic E-state index is -0.368. The van der Waals surface area contributed by atoms with Gasteiger partial charge < -0.3 is 10.1 Å². The molecule has 3 atom stereocenters. The number of Topliss-reactive ketones (excluding diaryl/α,β-unsaturated/α-hetero) is 1. The Balaban J connectivity index is 1.83. The molecule has 5 heteroatoms. The summed E-state index contributed by atoms with van der Waals surface area (Å²) < 4.78 is 18.5. The SMILES string of the molecule is CC[C@@H]1C[C@H](C(=O)N[C@H](C)CC(=O)c2ccc(F)cc2)CCO1. The second-order valence-corrected chi connectivity index (χ2v) is 6.17. The Labute approximate surface area is 136 Å². The zero-order chi connectivity index (χ0) is 16.8. The average Bonchev–Trinajstić information content (AvgIpc) is 2.55. The van der Waals surface area contributed by atoms with Crippen LogP contribution in [-0.2, 0) is 9.53 Å². The van der Waals surface area contributed by atoms with E-state index in [1.807, 2.05) is 6.92 Å². The van der Waals surface area contributed by atoms with Crippen molar-refractivity contribution in [3.63, 3.8) is 0 Å². The van der Waals surface area contributed by atoms with Crippen LogP contribution >= 0.6 is 0 Å². The van der Waals surface area contributed by atoms with Gasteiger partial charge in [-0.1, -0.05) is 6.92 Å². The van der Waals surface area contributed by atoms with Crippen LogP contribution in [0, 0.1) is 11.7 Å². The highest BCUT2D eigenvalue weighted by Crippen LogP contribution is 2.22. The van der Waals surface area contributed by atoms with Gasteiger partial charge in [-0.15, -0.1) is 0 Å². The fraction of sp³-hybridized carbons (Fsp3) is 0.556. The van der Waals surface area contributed by atoms with Crippen LogP contribution in [-0.4, -0.2) is 30.4 Å². The van der Waals surface area contributed by atoms with Crippen LogP contribution in [0.2, 0.25) is 0 Å². The smallest absolute Gasteiger partial charge is 0.223 e. The molecule has 23 heavy (non-hydrogen) atoms. The lowest BCUT2D eigenvalue weighted by Gasteiger charge is -2.29. The van der Waals surface area contributed by atoms with Crippen molar-refractivity contribution in [1.29, 1.82) is 0 Å². The number of carbonyl (C=O) groups is 2. The van der Waals surface area contributed by atoms with Crippen molar-refractivity contribution in [1.82, 2.24) is 5.32 Å². The van der Waals surface area contributed by atoms with Gasteiger partial charge in [-0.05, 0) is 50.5 Å². The van der Waals surface area contributed by atoms with Gasteiger partial charge in [0, 0.05) is 30.6 Å². The normalized spacial score (nSPS) is 22.4. The third kappa shape index (κ3) is 5.13. The molecule has 0 aliphatic carbocycles. The van der Waals surface area contributed by atoms with Crippen LogP contribution in [0.15, 0.2) is 24.3 Å². The lowest BCUT2D eigenvalue weighted by molar-refractivity contribution is -0.130. The molecular weight excluding hydrogens is 297 g/mol. The van der Waals surface area contributed by atoms with E-state index >= 15 is 0 Å². The summed E-state index contributed by atoms with van der Waals surface area (Å²) in [5.74, 6) is -0.521. The summed E-state index contributed by atoms with van der Waals surface area (Å²) >= 11 is 0. The van der Waals surface area contributed by atoms with E-state index in [1.54, 1.807) is 0 Å². The fourth-order valence-electron chi connectivity index (χ4n) is 2.85. The Bertz CT molecular complexity index is 544. The monoisotopic (exact) mass is 321 g/mol. The number of hydrogen-bond donors (Lipinski definition) is 1.